The molecule has 1 aliphatic rings. The van der Waals surface area contributed by atoms with Gasteiger partial charge in [0.1, 0.15) is 0 Å². The molecule has 0 atom stereocenters. The van der Waals surface area contributed by atoms with Crippen LogP contribution in [0.1, 0.15) is 22.3 Å². The molecular weight excluding hydrogens is 761 g/mol. The Balaban J connectivity index is 1.18. The molecule has 10 aromatic carbocycles. The fraction of sp³-hybridized carbons (Fsp3) is 0.0164. The van der Waals surface area contributed by atoms with Gasteiger partial charge in [-0.15, -0.1) is 0 Å². The van der Waals surface area contributed by atoms with E-state index in [0.29, 0.717) is 0 Å². The molecule has 0 bridgehead atoms. The van der Waals surface area contributed by atoms with E-state index in [1.54, 1.807) is 0 Å². The van der Waals surface area contributed by atoms with Gasteiger partial charge in [0.15, 0.2) is 0 Å². The molecule has 0 spiro atoms. The van der Waals surface area contributed by atoms with Gasteiger partial charge in [0.2, 0.25) is 0 Å². The van der Waals surface area contributed by atoms with Gasteiger partial charge in [-0.1, -0.05) is 200 Å². The highest BCUT2D eigenvalue weighted by atomic mass is 15.1. The quantitative estimate of drug-likeness (QED) is 0.149. The Morgan fingerprint density at radius 3 is 1.60 bits per heavy atom. The second kappa shape index (κ2) is 15.1. The highest BCUT2D eigenvalue weighted by molar-refractivity contribution is 6.17. The summed E-state index contributed by atoms with van der Waals surface area (Å²) in [4.78, 5) is 2.50. The SMILES string of the molecule is c1ccc(-c2cccc(N(c3ccc4c(c3)c3c(-c5ccccc5)cccc3n4-c3ccccc3)c3cccc4c3-c3ccccc3C4(c3ccccc3)c3ccccc3)c2)cc1. The predicted octanol–water partition coefficient (Wildman–Crippen LogP) is 16.0. The van der Waals surface area contributed by atoms with Gasteiger partial charge in [0.25, 0.3) is 0 Å². The van der Waals surface area contributed by atoms with Crippen LogP contribution in [0.25, 0.3) is 60.9 Å². The summed E-state index contributed by atoms with van der Waals surface area (Å²) in [6.07, 6.45) is 0. The van der Waals surface area contributed by atoms with Gasteiger partial charge in [-0.05, 0) is 105 Å². The van der Waals surface area contributed by atoms with E-state index in [9.17, 15) is 0 Å². The van der Waals surface area contributed by atoms with Crippen LogP contribution in [0.15, 0.2) is 255 Å². The maximum atomic E-state index is 2.50. The van der Waals surface area contributed by atoms with Crippen LogP contribution >= 0.6 is 0 Å². The van der Waals surface area contributed by atoms with Crippen molar-refractivity contribution < 1.29 is 0 Å². The Kier molecular flexibility index (Phi) is 8.76. The van der Waals surface area contributed by atoms with Crippen LogP contribution in [-0.2, 0) is 5.41 Å². The summed E-state index contributed by atoms with van der Waals surface area (Å²) >= 11 is 0. The van der Waals surface area contributed by atoms with Gasteiger partial charge in [-0.25, -0.2) is 0 Å². The van der Waals surface area contributed by atoms with E-state index in [1.807, 2.05) is 0 Å². The molecule has 2 nitrogen and oxygen atoms in total. The van der Waals surface area contributed by atoms with Crippen molar-refractivity contribution in [3.8, 4) is 39.1 Å². The zero-order valence-corrected chi connectivity index (χ0v) is 34.6. The molecule has 63 heavy (non-hydrogen) atoms. The molecular formula is C61H42N2. The monoisotopic (exact) mass is 802 g/mol. The Morgan fingerprint density at radius 1 is 0.349 bits per heavy atom. The van der Waals surface area contributed by atoms with E-state index in [1.165, 1.54) is 71.9 Å². The van der Waals surface area contributed by atoms with Crippen LogP contribution in [0.5, 0.6) is 0 Å². The third-order valence-electron chi connectivity index (χ3n) is 13.0. The van der Waals surface area contributed by atoms with Crippen LogP contribution in [-0.4, -0.2) is 4.57 Å². The fourth-order valence-electron chi connectivity index (χ4n) is 10.5. The van der Waals surface area contributed by atoms with Gasteiger partial charge >= 0.3 is 0 Å². The molecule has 0 N–H and O–H groups in total. The Bertz CT molecular complexity index is 3390. The summed E-state index contributed by atoms with van der Waals surface area (Å²) in [5.74, 6) is 0. The van der Waals surface area contributed by atoms with Crippen LogP contribution in [0, 0.1) is 0 Å². The zero-order chi connectivity index (χ0) is 41.7. The van der Waals surface area contributed by atoms with Crippen LogP contribution in [0.2, 0.25) is 0 Å². The topological polar surface area (TPSA) is 8.17 Å². The maximum absolute atomic E-state index is 2.50. The number of fused-ring (bicyclic) bond motifs is 6. The number of rotatable bonds is 8. The largest absolute Gasteiger partial charge is 0.310 e. The molecule has 296 valence electrons. The number of para-hydroxylation sites is 1. The number of hydrogen-bond acceptors (Lipinski definition) is 1. The second-order valence-corrected chi connectivity index (χ2v) is 16.4. The molecule has 1 aromatic heterocycles. The lowest BCUT2D eigenvalue weighted by Crippen LogP contribution is -2.28. The van der Waals surface area contributed by atoms with Crippen molar-refractivity contribution in [2.75, 3.05) is 4.90 Å². The Morgan fingerprint density at radius 2 is 0.889 bits per heavy atom. The summed E-state index contributed by atoms with van der Waals surface area (Å²) in [5, 5.41) is 2.43. The number of benzene rings is 10. The van der Waals surface area contributed by atoms with Crippen molar-refractivity contribution in [3.05, 3.63) is 277 Å². The van der Waals surface area contributed by atoms with E-state index in [4.69, 9.17) is 0 Å². The first-order valence-electron chi connectivity index (χ1n) is 21.8. The third kappa shape index (κ3) is 5.80. The lowest BCUT2D eigenvalue weighted by Gasteiger charge is -2.34. The normalized spacial score (nSPS) is 12.6. The second-order valence-electron chi connectivity index (χ2n) is 16.4. The van der Waals surface area contributed by atoms with Crippen LogP contribution in [0.3, 0.4) is 0 Å². The minimum absolute atomic E-state index is 0.528. The average molecular weight is 803 g/mol. The number of anilines is 3. The molecule has 0 unspecified atom stereocenters. The summed E-state index contributed by atoms with van der Waals surface area (Å²) in [6.45, 7) is 0. The Hall–Kier alpha value is -8.20. The van der Waals surface area contributed by atoms with Gasteiger partial charge in [0, 0.05) is 33.4 Å². The molecule has 2 heteroatoms. The molecule has 0 amide bonds. The minimum atomic E-state index is -0.528. The zero-order valence-electron chi connectivity index (χ0n) is 34.6. The summed E-state index contributed by atoms with van der Waals surface area (Å²) in [6, 6.07) is 93.3. The number of nitrogens with zero attached hydrogens (tertiary/aromatic N) is 2. The number of hydrogen-bond donors (Lipinski definition) is 0. The van der Waals surface area contributed by atoms with Crippen LogP contribution < -0.4 is 4.90 Å². The maximum Gasteiger partial charge on any atom is 0.0714 e. The number of aromatic nitrogens is 1. The highest BCUT2D eigenvalue weighted by Gasteiger charge is 2.47. The van der Waals surface area contributed by atoms with E-state index in [2.05, 4.69) is 264 Å². The van der Waals surface area contributed by atoms with E-state index in [0.717, 1.165) is 28.3 Å². The first-order valence-corrected chi connectivity index (χ1v) is 21.8. The van der Waals surface area contributed by atoms with Gasteiger partial charge in [-0.2, -0.15) is 0 Å². The van der Waals surface area contributed by atoms with Crippen LogP contribution in [0.4, 0.5) is 17.1 Å². The summed E-state index contributed by atoms with van der Waals surface area (Å²) in [5.41, 5.74) is 18.6. The molecule has 1 aliphatic carbocycles. The first-order chi connectivity index (χ1) is 31.3. The average Bonchev–Trinajstić information content (AvgIpc) is 3.87. The smallest absolute Gasteiger partial charge is 0.0714 e. The lowest BCUT2D eigenvalue weighted by atomic mass is 9.68. The molecule has 12 rings (SSSR count). The van der Waals surface area contributed by atoms with E-state index >= 15 is 0 Å². The molecule has 0 aliphatic heterocycles. The van der Waals surface area contributed by atoms with Crippen molar-refractivity contribution >= 4 is 38.9 Å². The minimum Gasteiger partial charge on any atom is -0.310 e. The van der Waals surface area contributed by atoms with E-state index in [-0.39, 0.29) is 0 Å². The predicted molar refractivity (Wildman–Crippen MR) is 264 cm³/mol. The molecule has 0 fully saturated rings. The lowest BCUT2D eigenvalue weighted by molar-refractivity contribution is 0.768. The van der Waals surface area contributed by atoms with Crippen molar-refractivity contribution in [2.45, 2.75) is 5.41 Å². The highest BCUT2D eigenvalue weighted by Crippen LogP contribution is 2.59. The molecule has 0 saturated heterocycles. The van der Waals surface area contributed by atoms with Crippen molar-refractivity contribution in [1.82, 2.24) is 4.57 Å². The summed E-state index contributed by atoms with van der Waals surface area (Å²) < 4.78 is 2.42. The van der Waals surface area contributed by atoms with E-state index < -0.39 is 5.41 Å². The van der Waals surface area contributed by atoms with Gasteiger partial charge in [-0.3, -0.25) is 0 Å². The molecule has 0 saturated carbocycles. The summed E-state index contributed by atoms with van der Waals surface area (Å²) in [7, 11) is 0. The van der Waals surface area contributed by atoms with Crippen molar-refractivity contribution in [2.24, 2.45) is 0 Å². The van der Waals surface area contributed by atoms with Gasteiger partial charge < -0.3 is 9.47 Å². The van der Waals surface area contributed by atoms with Crippen molar-refractivity contribution in [1.29, 1.82) is 0 Å². The van der Waals surface area contributed by atoms with Gasteiger partial charge in [0.05, 0.1) is 22.1 Å². The molecule has 1 heterocycles. The standard InChI is InChI=1S/C61H42N2/c1-6-21-43(22-7-1)45-25-18-32-49(41-45)62(50-39-40-56-53(42-50)59-51(44-23-8-2-9-24-44)34-19-37-57(59)63(56)48-30-14-5-15-31-48)58-38-20-36-55-60(58)52-33-16-17-35-54(52)61(55,46-26-10-3-11-27-46)47-28-12-4-13-29-47/h1-42H. The van der Waals surface area contributed by atoms with Crippen molar-refractivity contribution in [3.63, 3.8) is 0 Å². The molecule has 0 radical (unpaired) electrons. The third-order valence-corrected chi connectivity index (χ3v) is 13.0. The first kappa shape index (κ1) is 36.6. The fourth-order valence-corrected chi connectivity index (χ4v) is 10.5. The molecule has 11 aromatic rings. The Labute approximate surface area is 368 Å².